The molecule has 1 unspecified atom stereocenters. The molecule has 2 aromatic rings. The van der Waals surface area contributed by atoms with Gasteiger partial charge in [0.1, 0.15) is 11.8 Å². The van der Waals surface area contributed by atoms with Crippen molar-refractivity contribution in [1.29, 1.82) is 0 Å². The number of benzene rings is 1. The minimum absolute atomic E-state index is 0.0948. The van der Waals surface area contributed by atoms with E-state index in [1.165, 1.54) is 11.2 Å². The van der Waals surface area contributed by atoms with E-state index >= 15 is 0 Å². The van der Waals surface area contributed by atoms with Crippen molar-refractivity contribution in [1.82, 2.24) is 0 Å². The molecule has 0 spiro atoms. The zero-order valence-electron chi connectivity index (χ0n) is 13.9. The van der Waals surface area contributed by atoms with Crippen LogP contribution in [0.1, 0.15) is 36.3 Å². The number of aliphatic hydroxyl groups is 1. The third-order valence-corrected chi connectivity index (χ3v) is 4.25. The maximum absolute atomic E-state index is 12.7. The van der Waals surface area contributed by atoms with Gasteiger partial charge in [-0.25, -0.2) is 0 Å². The lowest BCUT2D eigenvalue weighted by Crippen LogP contribution is -2.31. The molecule has 1 atom stereocenters. The van der Waals surface area contributed by atoms with E-state index in [1.807, 2.05) is 32.0 Å². The quantitative estimate of drug-likeness (QED) is 0.929. The highest BCUT2D eigenvalue weighted by molar-refractivity contribution is 6.16. The van der Waals surface area contributed by atoms with Gasteiger partial charge in [0.05, 0.1) is 11.8 Å². The van der Waals surface area contributed by atoms with Gasteiger partial charge in [0, 0.05) is 12.1 Å². The number of furan rings is 1. The van der Waals surface area contributed by atoms with Crippen molar-refractivity contribution < 1.29 is 19.1 Å². The smallest absolute Gasteiger partial charge is 0.294 e. The second-order valence-corrected chi connectivity index (χ2v) is 5.92. The van der Waals surface area contributed by atoms with Crippen molar-refractivity contribution in [3.05, 3.63) is 64.8 Å². The first-order chi connectivity index (χ1) is 11.5. The summed E-state index contributed by atoms with van der Waals surface area (Å²) >= 11 is 0. The first kappa shape index (κ1) is 16.1. The van der Waals surface area contributed by atoms with Gasteiger partial charge in [0.15, 0.2) is 11.5 Å². The second-order valence-electron chi connectivity index (χ2n) is 5.92. The minimum Gasteiger partial charge on any atom is -0.503 e. The van der Waals surface area contributed by atoms with E-state index in [0.29, 0.717) is 11.4 Å². The van der Waals surface area contributed by atoms with Crippen molar-refractivity contribution >= 4 is 17.4 Å². The molecule has 3 rings (SSSR count). The Labute approximate surface area is 140 Å². The lowest BCUT2D eigenvalue weighted by atomic mass is 9.99. The maximum atomic E-state index is 12.7. The molecule has 1 N–H and O–H groups in total. The molecule has 1 aliphatic heterocycles. The van der Waals surface area contributed by atoms with Crippen LogP contribution >= 0.6 is 0 Å². The Hall–Kier alpha value is -2.82. The molecule has 0 radical (unpaired) electrons. The number of hydrogen-bond acceptors (Lipinski definition) is 4. The van der Waals surface area contributed by atoms with Crippen LogP contribution < -0.4 is 4.90 Å². The van der Waals surface area contributed by atoms with Gasteiger partial charge in [-0.3, -0.25) is 14.5 Å². The van der Waals surface area contributed by atoms with Crippen LogP contribution in [0.15, 0.2) is 52.3 Å². The van der Waals surface area contributed by atoms with E-state index in [0.717, 1.165) is 11.1 Å². The third-order valence-electron chi connectivity index (χ3n) is 4.25. The Kier molecular flexibility index (Phi) is 4.01. The zero-order valence-corrected chi connectivity index (χ0v) is 13.9. The number of carbonyl (C=O) groups is 2. The molecular weight excluding hydrogens is 306 g/mol. The predicted molar refractivity (Wildman–Crippen MR) is 89.8 cm³/mol. The van der Waals surface area contributed by atoms with Gasteiger partial charge in [-0.2, -0.15) is 0 Å². The van der Waals surface area contributed by atoms with E-state index in [-0.39, 0.29) is 17.8 Å². The number of hydrogen-bond donors (Lipinski definition) is 1. The largest absolute Gasteiger partial charge is 0.503 e. The summed E-state index contributed by atoms with van der Waals surface area (Å²) in [6.07, 6.45) is 1.69. The minimum atomic E-state index is -0.749. The van der Waals surface area contributed by atoms with Crippen molar-refractivity contribution in [3.8, 4) is 0 Å². The Morgan fingerprint density at radius 1 is 1.29 bits per heavy atom. The highest BCUT2D eigenvalue weighted by atomic mass is 16.3. The average Bonchev–Trinajstić information content (AvgIpc) is 3.15. The van der Waals surface area contributed by atoms with Crippen LogP contribution in [0.3, 0.4) is 0 Å². The molecule has 2 heterocycles. The van der Waals surface area contributed by atoms with Crippen LogP contribution in [-0.4, -0.2) is 16.8 Å². The number of aryl methyl sites for hydroxylation is 2. The van der Waals surface area contributed by atoms with Crippen molar-refractivity contribution in [3.63, 3.8) is 0 Å². The van der Waals surface area contributed by atoms with E-state index in [4.69, 9.17) is 4.42 Å². The molecular formula is C19H19NO4. The molecule has 1 aliphatic rings. The van der Waals surface area contributed by atoms with Gasteiger partial charge >= 0.3 is 0 Å². The second kappa shape index (κ2) is 6.00. The summed E-state index contributed by atoms with van der Waals surface area (Å²) in [4.78, 5) is 26.5. The third kappa shape index (κ3) is 2.42. The normalized spacial score (nSPS) is 17.7. The zero-order chi connectivity index (χ0) is 17.4. The topological polar surface area (TPSA) is 70.8 Å². The monoisotopic (exact) mass is 325 g/mol. The fourth-order valence-corrected chi connectivity index (χ4v) is 3.12. The number of anilines is 1. The van der Waals surface area contributed by atoms with Gasteiger partial charge < -0.3 is 9.52 Å². The highest BCUT2D eigenvalue weighted by Gasteiger charge is 2.45. The first-order valence-corrected chi connectivity index (χ1v) is 7.86. The molecule has 124 valence electrons. The molecule has 1 aromatic heterocycles. The Balaban J connectivity index is 2.18. The van der Waals surface area contributed by atoms with Crippen molar-refractivity contribution in [2.24, 2.45) is 0 Å². The fourth-order valence-electron chi connectivity index (χ4n) is 3.12. The van der Waals surface area contributed by atoms with Crippen LogP contribution in [-0.2, 0) is 9.59 Å². The van der Waals surface area contributed by atoms with Crippen molar-refractivity contribution in [2.75, 3.05) is 4.90 Å². The molecule has 1 aromatic carbocycles. The van der Waals surface area contributed by atoms with Crippen LogP contribution in [0.5, 0.6) is 0 Å². The lowest BCUT2D eigenvalue weighted by Gasteiger charge is -2.26. The van der Waals surface area contributed by atoms with Crippen LogP contribution in [0.25, 0.3) is 0 Å². The van der Waals surface area contributed by atoms with Crippen molar-refractivity contribution in [2.45, 2.75) is 33.2 Å². The number of amides is 1. The van der Waals surface area contributed by atoms with E-state index < -0.39 is 17.7 Å². The van der Waals surface area contributed by atoms with Gasteiger partial charge in [-0.05, 0) is 37.6 Å². The Bertz CT molecular complexity index is 833. The molecule has 0 saturated heterocycles. The number of nitrogens with zero attached hydrogens (tertiary/aromatic N) is 1. The highest BCUT2D eigenvalue weighted by Crippen LogP contribution is 2.42. The number of rotatable bonds is 4. The van der Waals surface area contributed by atoms with E-state index in [9.17, 15) is 14.7 Å². The van der Waals surface area contributed by atoms with Crippen LogP contribution in [0.4, 0.5) is 5.69 Å². The molecule has 5 nitrogen and oxygen atoms in total. The summed E-state index contributed by atoms with van der Waals surface area (Å²) in [6.45, 7) is 5.56. The molecule has 24 heavy (non-hydrogen) atoms. The number of aliphatic hydroxyl groups excluding tert-OH is 1. The molecule has 0 aliphatic carbocycles. The van der Waals surface area contributed by atoms with Crippen LogP contribution in [0.2, 0.25) is 0 Å². The summed E-state index contributed by atoms with van der Waals surface area (Å²) < 4.78 is 5.46. The number of ketones is 1. The summed E-state index contributed by atoms with van der Waals surface area (Å²) in [5.74, 6) is -0.901. The summed E-state index contributed by atoms with van der Waals surface area (Å²) in [7, 11) is 0. The van der Waals surface area contributed by atoms with E-state index in [2.05, 4.69) is 0 Å². The maximum Gasteiger partial charge on any atom is 0.294 e. The predicted octanol–water partition coefficient (Wildman–Crippen LogP) is 3.78. The molecule has 0 fully saturated rings. The van der Waals surface area contributed by atoms with Gasteiger partial charge in [0.2, 0.25) is 0 Å². The standard InChI is InChI=1S/C19H19NO4/c1-4-14(21)16-17(15-6-5-9-24-15)20(19(23)18(16)22)13-8-7-11(2)10-12(13)3/h5-10,17,22H,4H2,1-3H3. The number of carbonyl (C=O) groups excluding carboxylic acids is 2. The van der Waals surface area contributed by atoms with E-state index in [1.54, 1.807) is 19.1 Å². The Morgan fingerprint density at radius 2 is 2.04 bits per heavy atom. The summed E-state index contributed by atoms with van der Waals surface area (Å²) in [5, 5.41) is 10.3. The molecule has 0 saturated carbocycles. The van der Waals surface area contributed by atoms with Gasteiger partial charge in [-0.1, -0.05) is 24.6 Å². The fraction of sp³-hybridized carbons (Fsp3) is 0.263. The molecule has 5 heteroatoms. The van der Waals surface area contributed by atoms with Gasteiger partial charge in [-0.15, -0.1) is 0 Å². The Morgan fingerprint density at radius 3 is 2.62 bits per heavy atom. The SMILES string of the molecule is CCC(=O)C1=C(O)C(=O)N(c2ccc(C)cc2C)C1c1ccco1. The lowest BCUT2D eigenvalue weighted by molar-refractivity contribution is -0.118. The number of Topliss-reactive ketones (excluding diaryl/α,β-unsaturated/α-hetero) is 1. The molecule has 1 amide bonds. The van der Waals surface area contributed by atoms with Crippen LogP contribution in [0, 0.1) is 13.8 Å². The summed E-state index contributed by atoms with van der Waals surface area (Å²) in [6, 6.07) is 8.33. The average molecular weight is 325 g/mol. The van der Waals surface area contributed by atoms with Gasteiger partial charge in [0.25, 0.3) is 5.91 Å². The summed E-state index contributed by atoms with van der Waals surface area (Å²) in [5.41, 5.74) is 2.70. The first-order valence-electron chi connectivity index (χ1n) is 7.86. The molecule has 0 bridgehead atoms.